The number of aromatic nitrogens is 2. The van der Waals surface area contributed by atoms with E-state index in [1.807, 2.05) is 48.0 Å². The monoisotopic (exact) mass is 352 g/mol. The second kappa shape index (κ2) is 8.49. The molecule has 0 aliphatic rings. The molecule has 0 saturated heterocycles. The minimum atomic E-state index is -0.101. The maximum atomic E-state index is 12.2. The number of hydrogen-bond acceptors (Lipinski definition) is 4. The lowest BCUT2D eigenvalue weighted by Crippen LogP contribution is -2.24. The first-order valence-electron chi connectivity index (χ1n) is 8.81. The quantitative estimate of drug-likeness (QED) is 0.611. The summed E-state index contributed by atoms with van der Waals surface area (Å²) in [6.07, 6.45) is 5.77. The Bertz CT molecular complexity index is 888. The Hall–Kier alpha value is -2.86. The summed E-state index contributed by atoms with van der Waals surface area (Å²) in [5.74, 6) is 0.545. The first-order chi connectivity index (χ1) is 12.7. The molecule has 0 aliphatic carbocycles. The summed E-state index contributed by atoms with van der Waals surface area (Å²) in [6, 6.07) is 11.2. The molecule has 0 bridgehead atoms. The lowest BCUT2D eigenvalue weighted by Gasteiger charge is -2.08. The molecule has 2 aromatic heterocycles. The molecule has 6 heteroatoms. The van der Waals surface area contributed by atoms with Crippen LogP contribution in [-0.4, -0.2) is 28.4 Å². The summed E-state index contributed by atoms with van der Waals surface area (Å²) >= 11 is 0. The van der Waals surface area contributed by atoms with E-state index in [4.69, 9.17) is 10.5 Å². The maximum absolute atomic E-state index is 12.2. The highest BCUT2D eigenvalue weighted by Gasteiger charge is 2.07. The molecular weight excluding hydrogens is 328 g/mol. The van der Waals surface area contributed by atoms with E-state index >= 15 is 0 Å². The second-order valence-electron chi connectivity index (χ2n) is 6.27. The molecule has 136 valence electrons. The number of rotatable bonds is 8. The predicted octanol–water partition coefficient (Wildman–Crippen LogP) is 2.69. The number of imidazole rings is 1. The Kier molecular flexibility index (Phi) is 5.86. The zero-order chi connectivity index (χ0) is 18.4. The van der Waals surface area contributed by atoms with Crippen LogP contribution in [0.1, 0.15) is 34.5 Å². The van der Waals surface area contributed by atoms with Gasteiger partial charge in [0.05, 0.1) is 5.69 Å². The van der Waals surface area contributed by atoms with Gasteiger partial charge in [0.25, 0.3) is 5.91 Å². The summed E-state index contributed by atoms with van der Waals surface area (Å²) in [5.41, 5.74) is 8.94. The van der Waals surface area contributed by atoms with E-state index in [1.165, 1.54) is 5.56 Å². The van der Waals surface area contributed by atoms with Gasteiger partial charge in [0.15, 0.2) is 0 Å². The molecule has 3 aromatic rings. The van der Waals surface area contributed by atoms with Gasteiger partial charge in [-0.25, -0.2) is 4.98 Å². The van der Waals surface area contributed by atoms with Crippen molar-refractivity contribution in [3.05, 3.63) is 65.6 Å². The van der Waals surface area contributed by atoms with Gasteiger partial charge in [-0.15, -0.1) is 0 Å². The maximum Gasteiger partial charge on any atom is 0.251 e. The number of carbonyl (C=O) groups excluding carboxylic acids is 1. The summed E-state index contributed by atoms with van der Waals surface area (Å²) in [4.78, 5) is 16.7. The topological polar surface area (TPSA) is 81.6 Å². The van der Waals surface area contributed by atoms with Crippen LogP contribution in [-0.2, 0) is 6.61 Å². The number of ether oxygens (including phenoxy) is 1. The first kappa shape index (κ1) is 17.9. The van der Waals surface area contributed by atoms with Crippen molar-refractivity contribution < 1.29 is 9.53 Å². The molecule has 6 nitrogen and oxygen atoms in total. The SMILES string of the molecule is Cc1ccc2nc(COc3cccc(C(=O)NCCCCN)c3)cn2c1. The largest absolute Gasteiger partial charge is 0.487 e. The van der Waals surface area contributed by atoms with E-state index in [0.717, 1.165) is 24.2 Å². The number of unbranched alkanes of at least 4 members (excludes halogenated alkanes) is 1. The Morgan fingerprint density at radius 2 is 2.12 bits per heavy atom. The van der Waals surface area contributed by atoms with E-state index in [-0.39, 0.29) is 5.91 Å². The standard InChI is InChI=1S/C20H24N4O2/c1-15-7-8-19-23-17(13-24(19)12-15)14-26-18-6-4-5-16(11-18)20(25)22-10-3-2-9-21/h4-8,11-13H,2-3,9-10,14,21H2,1H3,(H,22,25). The van der Waals surface area contributed by atoms with Gasteiger partial charge in [0.1, 0.15) is 18.0 Å². The number of carbonyl (C=O) groups is 1. The van der Waals surface area contributed by atoms with Crippen molar-refractivity contribution >= 4 is 11.6 Å². The third-order valence-electron chi connectivity index (χ3n) is 4.05. The van der Waals surface area contributed by atoms with Crippen LogP contribution < -0.4 is 15.8 Å². The molecule has 0 spiro atoms. The van der Waals surface area contributed by atoms with Crippen LogP contribution >= 0.6 is 0 Å². The van der Waals surface area contributed by atoms with Crippen molar-refractivity contribution in [3.8, 4) is 5.75 Å². The summed E-state index contributed by atoms with van der Waals surface area (Å²) < 4.78 is 7.80. The van der Waals surface area contributed by atoms with E-state index in [0.29, 0.717) is 31.0 Å². The number of nitrogens with two attached hydrogens (primary N) is 1. The average molecular weight is 352 g/mol. The molecule has 3 rings (SSSR count). The van der Waals surface area contributed by atoms with E-state index < -0.39 is 0 Å². The van der Waals surface area contributed by atoms with E-state index in [2.05, 4.69) is 10.3 Å². The molecule has 26 heavy (non-hydrogen) atoms. The summed E-state index contributed by atoms with van der Waals surface area (Å²) in [6.45, 7) is 3.66. The van der Waals surface area contributed by atoms with Crippen molar-refractivity contribution in [2.75, 3.05) is 13.1 Å². The van der Waals surface area contributed by atoms with Crippen LogP contribution in [0.3, 0.4) is 0 Å². The number of nitrogens with zero attached hydrogens (tertiary/aromatic N) is 2. The molecule has 0 aliphatic heterocycles. The first-order valence-corrected chi connectivity index (χ1v) is 8.81. The average Bonchev–Trinajstić information content (AvgIpc) is 3.05. The van der Waals surface area contributed by atoms with Gasteiger partial charge < -0.3 is 20.2 Å². The zero-order valence-electron chi connectivity index (χ0n) is 14.9. The molecular formula is C20H24N4O2. The molecule has 2 heterocycles. The molecule has 0 atom stereocenters. The van der Waals surface area contributed by atoms with Crippen LogP contribution in [0.2, 0.25) is 0 Å². The number of amides is 1. The van der Waals surface area contributed by atoms with Gasteiger partial charge in [0, 0.05) is 24.5 Å². The second-order valence-corrected chi connectivity index (χ2v) is 6.27. The van der Waals surface area contributed by atoms with Crippen molar-refractivity contribution in [2.24, 2.45) is 5.73 Å². The smallest absolute Gasteiger partial charge is 0.251 e. The Morgan fingerprint density at radius 1 is 1.23 bits per heavy atom. The summed E-state index contributed by atoms with van der Waals surface area (Å²) in [7, 11) is 0. The molecule has 1 amide bonds. The van der Waals surface area contributed by atoms with Crippen LogP contribution in [0.5, 0.6) is 5.75 Å². The van der Waals surface area contributed by atoms with Crippen molar-refractivity contribution in [1.29, 1.82) is 0 Å². The highest BCUT2D eigenvalue weighted by molar-refractivity contribution is 5.94. The number of aryl methyl sites for hydroxylation is 1. The fourth-order valence-electron chi connectivity index (χ4n) is 2.68. The van der Waals surface area contributed by atoms with Gasteiger partial charge >= 0.3 is 0 Å². The normalized spacial score (nSPS) is 10.8. The van der Waals surface area contributed by atoms with Gasteiger partial charge in [-0.2, -0.15) is 0 Å². The van der Waals surface area contributed by atoms with Gasteiger partial charge in [0.2, 0.25) is 0 Å². The predicted molar refractivity (Wildman–Crippen MR) is 101 cm³/mol. The van der Waals surface area contributed by atoms with Gasteiger partial charge in [-0.1, -0.05) is 12.1 Å². The fourth-order valence-corrected chi connectivity index (χ4v) is 2.68. The van der Waals surface area contributed by atoms with E-state index in [1.54, 1.807) is 12.1 Å². The summed E-state index contributed by atoms with van der Waals surface area (Å²) in [5, 5.41) is 2.89. The Balaban J connectivity index is 1.60. The van der Waals surface area contributed by atoms with Crippen molar-refractivity contribution in [1.82, 2.24) is 14.7 Å². The van der Waals surface area contributed by atoms with E-state index in [9.17, 15) is 4.79 Å². The fraction of sp³-hybridized carbons (Fsp3) is 0.300. The Labute approximate surface area is 153 Å². The van der Waals surface area contributed by atoms with Crippen LogP contribution in [0.25, 0.3) is 5.65 Å². The molecule has 0 radical (unpaired) electrons. The number of nitrogens with one attached hydrogen (secondary N) is 1. The molecule has 0 unspecified atom stereocenters. The Morgan fingerprint density at radius 3 is 2.96 bits per heavy atom. The zero-order valence-corrected chi connectivity index (χ0v) is 14.9. The van der Waals surface area contributed by atoms with Crippen LogP contribution in [0, 0.1) is 6.92 Å². The van der Waals surface area contributed by atoms with Gasteiger partial charge in [-0.05, 0) is 56.1 Å². The van der Waals surface area contributed by atoms with Crippen LogP contribution in [0.15, 0.2) is 48.8 Å². The number of fused-ring (bicyclic) bond motifs is 1. The lowest BCUT2D eigenvalue weighted by molar-refractivity contribution is 0.0952. The highest BCUT2D eigenvalue weighted by atomic mass is 16.5. The molecule has 3 N–H and O–H groups in total. The third kappa shape index (κ3) is 4.61. The van der Waals surface area contributed by atoms with Crippen LogP contribution in [0.4, 0.5) is 0 Å². The molecule has 0 fully saturated rings. The minimum Gasteiger partial charge on any atom is -0.487 e. The number of hydrogen-bond donors (Lipinski definition) is 2. The molecule has 1 aromatic carbocycles. The third-order valence-corrected chi connectivity index (χ3v) is 4.05. The number of benzene rings is 1. The molecule has 0 saturated carbocycles. The van der Waals surface area contributed by atoms with Crippen molar-refractivity contribution in [3.63, 3.8) is 0 Å². The van der Waals surface area contributed by atoms with Gasteiger partial charge in [-0.3, -0.25) is 4.79 Å². The lowest BCUT2D eigenvalue weighted by atomic mass is 10.2. The van der Waals surface area contributed by atoms with Crippen molar-refractivity contribution in [2.45, 2.75) is 26.4 Å². The minimum absolute atomic E-state index is 0.101. The number of pyridine rings is 1. The highest BCUT2D eigenvalue weighted by Crippen LogP contribution is 2.16.